The van der Waals surface area contributed by atoms with Crippen molar-refractivity contribution in [2.24, 2.45) is 0 Å². The first kappa shape index (κ1) is 17.2. The summed E-state index contributed by atoms with van der Waals surface area (Å²) in [6.45, 7) is -0.546. The molecule has 23 heavy (non-hydrogen) atoms. The van der Waals surface area contributed by atoms with E-state index in [-0.39, 0.29) is 18.9 Å². The third-order valence-electron chi connectivity index (χ3n) is 2.82. The number of rotatable bonds is 6. The number of hydrogen-bond acceptors (Lipinski definition) is 5. The average molecular weight is 401 g/mol. The summed E-state index contributed by atoms with van der Waals surface area (Å²) in [6, 6.07) is 11.0. The highest BCUT2D eigenvalue weighted by Gasteiger charge is 2.14. The van der Waals surface area contributed by atoms with Crippen LogP contribution in [-0.4, -0.2) is 17.5 Å². The van der Waals surface area contributed by atoms with Gasteiger partial charge in [0.05, 0.1) is 15.5 Å². The molecule has 0 unspecified atom stereocenters. The molecular formula is C15H11BrClNO5. The minimum absolute atomic E-state index is 0.0998. The second kappa shape index (κ2) is 7.94. The first-order chi connectivity index (χ1) is 11.0. The van der Waals surface area contributed by atoms with E-state index in [1.165, 1.54) is 12.1 Å². The van der Waals surface area contributed by atoms with Crippen LogP contribution in [0.4, 0.5) is 5.69 Å². The SMILES string of the molecule is O=C(COc1ccc(Br)cc1Cl)OCc1ccccc1[N+](=O)[O-]. The summed E-state index contributed by atoms with van der Waals surface area (Å²) in [5.74, 6) is -0.306. The molecule has 0 N–H and O–H groups in total. The van der Waals surface area contributed by atoms with Gasteiger partial charge in [-0.2, -0.15) is 0 Å². The highest BCUT2D eigenvalue weighted by molar-refractivity contribution is 9.10. The summed E-state index contributed by atoms with van der Waals surface area (Å²) in [4.78, 5) is 22.0. The number of nitrogens with zero attached hydrogens (tertiary/aromatic N) is 1. The Morgan fingerprint density at radius 2 is 2.00 bits per heavy atom. The summed E-state index contributed by atoms with van der Waals surface area (Å²) < 4.78 is 11.0. The second-order valence-electron chi connectivity index (χ2n) is 4.41. The minimum atomic E-state index is -0.651. The van der Waals surface area contributed by atoms with Crippen LogP contribution in [0.1, 0.15) is 5.56 Å². The molecule has 2 rings (SSSR count). The van der Waals surface area contributed by atoms with Crippen LogP contribution in [0.15, 0.2) is 46.9 Å². The maximum atomic E-state index is 11.7. The lowest BCUT2D eigenvalue weighted by Crippen LogP contribution is -2.15. The van der Waals surface area contributed by atoms with E-state index < -0.39 is 10.9 Å². The zero-order chi connectivity index (χ0) is 16.8. The molecule has 0 aliphatic heterocycles. The van der Waals surface area contributed by atoms with E-state index in [0.29, 0.717) is 16.3 Å². The minimum Gasteiger partial charge on any atom is -0.480 e. The van der Waals surface area contributed by atoms with E-state index in [4.69, 9.17) is 21.1 Å². The lowest BCUT2D eigenvalue weighted by Gasteiger charge is -2.09. The van der Waals surface area contributed by atoms with Gasteiger partial charge < -0.3 is 9.47 Å². The molecule has 0 radical (unpaired) electrons. The zero-order valence-corrected chi connectivity index (χ0v) is 14.0. The summed E-state index contributed by atoms with van der Waals surface area (Å²) in [7, 11) is 0. The molecule has 8 heteroatoms. The summed E-state index contributed by atoms with van der Waals surface area (Å²) in [6.07, 6.45) is 0. The van der Waals surface area contributed by atoms with Crippen molar-refractivity contribution in [1.29, 1.82) is 0 Å². The summed E-state index contributed by atoms with van der Waals surface area (Å²) >= 11 is 9.22. The highest BCUT2D eigenvalue weighted by atomic mass is 79.9. The number of nitro groups is 1. The Kier molecular flexibility index (Phi) is 5.95. The predicted molar refractivity (Wildman–Crippen MR) is 87.5 cm³/mol. The largest absolute Gasteiger partial charge is 0.480 e. The molecule has 0 aliphatic carbocycles. The van der Waals surface area contributed by atoms with E-state index in [0.717, 1.165) is 4.47 Å². The Bertz CT molecular complexity index is 738. The smallest absolute Gasteiger partial charge is 0.344 e. The topological polar surface area (TPSA) is 78.7 Å². The van der Waals surface area contributed by atoms with Crippen LogP contribution in [0.25, 0.3) is 0 Å². The van der Waals surface area contributed by atoms with Crippen molar-refractivity contribution < 1.29 is 19.2 Å². The van der Waals surface area contributed by atoms with Gasteiger partial charge in [-0.1, -0.05) is 39.7 Å². The molecule has 0 fully saturated rings. The Balaban J connectivity index is 1.90. The molecule has 0 spiro atoms. The van der Waals surface area contributed by atoms with E-state index in [1.807, 2.05) is 0 Å². The predicted octanol–water partition coefficient (Wildman–Crippen LogP) is 4.13. The molecule has 0 saturated heterocycles. The number of para-hydroxylation sites is 1. The van der Waals surface area contributed by atoms with Crippen LogP contribution in [0, 0.1) is 10.1 Å². The first-order valence-electron chi connectivity index (χ1n) is 6.43. The molecule has 0 bridgehead atoms. The van der Waals surface area contributed by atoms with E-state index in [1.54, 1.807) is 30.3 Å². The van der Waals surface area contributed by atoms with Crippen LogP contribution in [-0.2, 0) is 16.1 Å². The van der Waals surface area contributed by atoms with E-state index >= 15 is 0 Å². The van der Waals surface area contributed by atoms with Crippen molar-refractivity contribution in [2.45, 2.75) is 6.61 Å². The fourth-order valence-corrected chi connectivity index (χ4v) is 2.47. The summed E-state index contributed by atoms with van der Waals surface area (Å²) in [5, 5.41) is 11.2. The number of carbonyl (C=O) groups is 1. The van der Waals surface area contributed by atoms with Gasteiger partial charge in [0, 0.05) is 10.5 Å². The van der Waals surface area contributed by atoms with Crippen LogP contribution < -0.4 is 4.74 Å². The molecule has 0 aromatic heterocycles. The van der Waals surface area contributed by atoms with Crippen LogP contribution >= 0.6 is 27.5 Å². The fourth-order valence-electron chi connectivity index (χ4n) is 1.74. The van der Waals surface area contributed by atoms with Gasteiger partial charge in [0.2, 0.25) is 0 Å². The lowest BCUT2D eigenvalue weighted by molar-refractivity contribution is -0.385. The van der Waals surface area contributed by atoms with Crippen LogP contribution in [0.2, 0.25) is 5.02 Å². The number of carbonyl (C=O) groups excluding carboxylic acids is 1. The molecule has 2 aromatic carbocycles. The maximum Gasteiger partial charge on any atom is 0.344 e. The molecular weight excluding hydrogens is 390 g/mol. The monoisotopic (exact) mass is 399 g/mol. The average Bonchev–Trinajstić information content (AvgIpc) is 2.52. The van der Waals surface area contributed by atoms with Crippen molar-refractivity contribution in [1.82, 2.24) is 0 Å². The van der Waals surface area contributed by atoms with Crippen molar-refractivity contribution in [2.75, 3.05) is 6.61 Å². The Hall–Kier alpha value is -2.12. The van der Waals surface area contributed by atoms with Crippen LogP contribution in [0.3, 0.4) is 0 Å². The standard InChI is InChI=1S/C15H11BrClNO5/c16-11-5-6-14(12(17)7-11)22-9-15(19)23-8-10-3-1-2-4-13(10)18(20)21/h1-7H,8-9H2. The van der Waals surface area contributed by atoms with E-state index in [2.05, 4.69) is 15.9 Å². The molecule has 0 aliphatic rings. The van der Waals surface area contributed by atoms with Gasteiger partial charge in [-0.05, 0) is 24.3 Å². The Labute approximate surface area is 145 Å². The Morgan fingerprint density at radius 3 is 2.70 bits per heavy atom. The molecule has 120 valence electrons. The van der Waals surface area contributed by atoms with Gasteiger partial charge in [0.25, 0.3) is 5.69 Å². The lowest BCUT2D eigenvalue weighted by atomic mass is 10.2. The van der Waals surface area contributed by atoms with Crippen molar-refractivity contribution in [3.63, 3.8) is 0 Å². The zero-order valence-electron chi connectivity index (χ0n) is 11.7. The number of ether oxygens (including phenoxy) is 2. The number of nitro benzene ring substituents is 1. The van der Waals surface area contributed by atoms with Gasteiger partial charge in [-0.15, -0.1) is 0 Å². The summed E-state index contributed by atoms with van der Waals surface area (Å²) in [5.41, 5.74) is 0.213. The van der Waals surface area contributed by atoms with Gasteiger partial charge in [0.1, 0.15) is 12.4 Å². The first-order valence-corrected chi connectivity index (χ1v) is 7.60. The normalized spacial score (nSPS) is 10.2. The number of esters is 1. The molecule has 0 amide bonds. The number of hydrogen-bond donors (Lipinski definition) is 0. The van der Waals surface area contributed by atoms with Crippen molar-refractivity contribution in [3.05, 3.63) is 67.6 Å². The van der Waals surface area contributed by atoms with Gasteiger partial charge in [-0.25, -0.2) is 4.79 Å². The van der Waals surface area contributed by atoms with Gasteiger partial charge in [0.15, 0.2) is 6.61 Å². The number of benzene rings is 2. The third-order valence-corrected chi connectivity index (χ3v) is 3.61. The van der Waals surface area contributed by atoms with Gasteiger partial charge >= 0.3 is 5.97 Å². The molecule has 0 saturated carbocycles. The van der Waals surface area contributed by atoms with Crippen molar-refractivity contribution in [3.8, 4) is 5.75 Å². The van der Waals surface area contributed by atoms with E-state index in [9.17, 15) is 14.9 Å². The highest BCUT2D eigenvalue weighted by Crippen LogP contribution is 2.27. The van der Waals surface area contributed by atoms with Crippen LogP contribution in [0.5, 0.6) is 5.75 Å². The fraction of sp³-hybridized carbons (Fsp3) is 0.133. The third kappa shape index (κ3) is 4.94. The Morgan fingerprint density at radius 1 is 1.26 bits per heavy atom. The molecule has 0 heterocycles. The molecule has 6 nitrogen and oxygen atoms in total. The second-order valence-corrected chi connectivity index (χ2v) is 5.73. The van der Waals surface area contributed by atoms with Gasteiger partial charge in [-0.3, -0.25) is 10.1 Å². The maximum absolute atomic E-state index is 11.7. The van der Waals surface area contributed by atoms with Crippen molar-refractivity contribution >= 4 is 39.2 Å². The number of halogens is 2. The molecule has 0 atom stereocenters. The molecule has 2 aromatic rings. The quantitative estimate of drug-likeness (QED) is 0.414.